The minimum Gasteiger partial charge on any atom is -0.314 e. The van der Waals surface area contributed by atoms with Gasteiger partial charge in [-0.1, -0.05) is 30.7 Å². The van der Waals surface area contributed by atoms with Gasteiger partial charge in [0.15, 0.2) is 0 Å². The molecule has 0 fully saturated rings. The Morgan fingerprint density at radius 2 is 1.92 bits per heavy atom. The number of alkyl halides is 3. The second kappa shape index (κ2) is 7.68. The van der Waals surface area contributed by atoms with Crippen molar-refractivity contribution in [2.75, 3.05) is 12.1 Å². The van der Waals surface area contributed by atoms with Crippen molar-refractivity contribution < 1.29 is 13.2 Å². The van der Waals surface area contributed by atoms with Gasteiger partial charge in [0.05, 0.1) is 16.3 Å². The van der Waals surface area contributed by atoms with E-state index in [1.165, 1.54) is 29.9 Å². The van der Waals surface area contributed by atoms with Crippen LogP contribution in [0.1, 0.15) is 23.6 Å². The van der Waals surface area contributed by atoms with Gasteiger partial charge in [0, 0.05) is 17.7 Å². The predicted molar refractivity (Wildman–Crippen MR) is 94.4 cm³/mol. The Morgan fingerprint density at radius 1 is 1.21 bits per heavy atom. The van der Waals surface area contributed by atoms with Crippen LogP contribution in [0.2, 0.25) is 5.02 Å². The van der Waals surface area contributed by atoms with Crippen LogP contribution in [0.25, 0.3) is 0 Å². The monoisotopic (exact) mass is 374 g/mol. The van der Waals surface area contributed by atoms with Gasteiger partial charge >= 0.3 is 6.18 Å². The summed E-state index contributed by atoms with van der Waals surface area (Å²) >= 11 is 7.45. The number of hydrogen-bond acceptors (Lipinski definition) is 3. The van der Waals surface area contributed by atoms with E-state index in [-0.39, 0.29) is 11.3 Å². The van der Waals surface area contributed by atoms with Gasteiger partial charge in [0.1, 0.15) is 0 Å². The molecule has 2 N–H and O–H groups in total. The number of hydrazine groups is 1. The highest BCUT2D eigenvalue weighted by molar-refractivity contribution is 7.98. The zero-order valence-corrected chi connectivity index (χ0v) is 14.9. The number of nitrogens with zero attached hydrogens (tertiary/aromatic N) is 1. The molecule has 0 aliphatic carbocycles. The molecule has 2 aromatic carbocycles. The molecule has 2 nitrogen and oxygen atoms in total. The third kappa shape index (κ3) is 4.37. The summed E-state index contributed by atoms with van der Waals surface area (Å²) in [6.45, 7) is 2.01. The van der Waals surface area contributed by atoms with Crippen LogP contribution in [-0.4, -0.2) is 7.05 Å². The molecule has 0 aliphatic rings. The fourth-order valence-electron chi connectivity index (χ4n) is 2.35. The summed E-state index contributed by atoms with van der Waals surface area (Å²) in [6, 6.07) is 9.61. The van der Waals surface area contributed by atoms with Crippen LogP contribution in [0.5, 0.6) is 0 Å². The van der Waals surface area contributed by atoms with E-state index in [4.69, 9.17) is 17.4 Å². The molecule has 0 atom stereocenters. The van der Waals surface area contributed by atoms with Gasteiger partial charge in [-0.2, -0.15) is 13.2 Å². The number of benzene rings is 2. The maximum Gasteiger partial charge on any atom is 0.416 e. The Hall–Kier alpha value is -1.37. The first kappa shape index (κ1) is 19.0. The average Bonchev–Trinajstić information content (AvgIpc) is 2.52. The molecule has 0 amide bonds. The van der Waals surface area contributed by atoms with Crippen molar-refractivity contribution in [2.24, 2.45) is 5.84 Å². The Bertz CT molecular complexity index is 717. The lowest BCUT2D eigenvalue weighted by Gasteiger charge is -2.21. The van der Waals surface area contributed by atoms with E-state index in [2.05, 4.69) is 0 Å². The summed E-state index contributed by atoms with van der Waals surface area (Å²) in [5, 5.41) is 1.74. The van der Waals surface area contributed by atoms with Gasteiger partial charge in [-0.15, -0.1) is 11.8 Å². The number of aryl methyl sites for hydroxylation is 1. The van der Waals surface area contributed by atoms with E-state index in [1.807, 2.05) is 19.1 Å². The smallest absolute Gasteiger partial charge is 0.314 e. The van der Waals surface area contributed by atoms with Gasteiger partial charge in [-0.25, -0.2) is 5.84 Å². The molecule has 0 saturated heterocycles. The van der Waals surface area contributed by atoms with E-state index >= 15 is 0 Å². The first-order chi connectivity index (χ1) is 11.2. The second-order valence-corrected chi connectivity index (χ2v) is 6.74. The third-order valence-electron chi connectivity index (χ3n) is 3.61. The molecular weight excluding hydrogens is 357 g/mol. The number of thioether (sulfide) groups is 1. The first-order valence-corrected chi connectivity index (χ1v) is 8.69. The standard InChI is InChI=1S/C17H18ClF3N2S/c1-3-11-7-8-14(18)16(9-11)24-10-12-13(17(19,20)21)5-4-6-15(12)23(2)22/h4-9H,3,10,22H2,1-2H3. The van der Waals surface area contributed by atoms with Gasteiger partial charge in [0.2, 0.25) is 0 Å². The SMILES string of the molecule is CCc1ccc(Cl)c(SCc2c(N(C)N)cccc2C(F)(F)F)c1. The van der Waals surface area contributed by atoms with Gasteiger partial charge < -0.3 is 5.01 Å². The maximum atomic E-state index is 13.3. The van der Waals surface area contributed by atoms with Crippen LogP contribution in [0, 0.1) is 0 Å². The lowest BCUT2D eigenvalue weighted by Crippen LogP contribution is -2.27. The first-order valence-electron chi connectivity index (χ1n) is 7.32. The van der Waals surface area contributed by atoms with Crippen LogP contribution in [0.4, 0.5) is 18.9 Å². The molecule has 2 rings (SSSR count). The average molecular weight is 375 g/mol. The second-order valence-electron chi connectivity index (χ2n) is 5.32. The normalized spacial score (nSPS) is 11.6. The molecule has 0 unspecified atom stereocenters. The summed E-state index contributed by atoms with van der Waals surface area (Å²) < 4.78 is 40.0. The number of nitrogens with two attached hydrogens (primary N) is 1. The number of halogens is 4. The van der Waals surface area contributed by atoms with Crippen molar-refractivity contribution in [1.82, 2.24) is 0 Å². The highest BCUT2D eigenvalue weighted by Gasteiger charge is 2.34. The molecule has 0 heterocycles. The molecule has 0 aromatic heterocycles. The molecule has 7 heteroatoms. The van der Waals surface area contributed by atoms with Crippen LogP contribution in [0.3, 0.4) is 0 Å². The zero-order valence-electron chi connectivity index (χ0n) is 13.3. The molecule has 0 spiro atoms. The van der Waals surface area contributed by atoms with Crippen molar-refractivity contribution in [3.05, 3.63) is 58.1 Å². The van der Waals surface area contributed by atoms with Crippen LogP contribution in [-0.2, 0) is 18.3 Å². The molecule has 24 heavy (non-hydrogen) atoms. The summed E-state index contributed by atoms with van der Waals surface area (Å²) in [4.78, 5) is 0.763. The number of anilines is 1. The largest absolute Gasteiger partial charge is 0.416 e. The van der Waals surface area contributed by atoms with Crippen LogP contribution < -0.4 is 10.9 Å². The molecule has 0 bridgehead atoms. The van der Waals surface area contributed by atoms with E-state index in [1.54, 1.807) is 12.1 Å². The fourth-order valence-corrected chi connectivity index (χ4v) is 3.68. The highest BCUT2D eigenvalue weighted by Crippen LogP contribution is 2.40. The van der Waals surface area contributed by atoms with Gasteiger partial charge in [0.25, 0.3) is 0 Å². The molecule has 0 aliphatic heterocycles. The fraction of sp³-hybridized carbons (Fsp3) is 0.294. The predicted octanol–water partition coefficient (Wildman–Crippen LogP) is 5.52. The summed E-state index contributed by atoms with van der Waals surface area (Å²) in [5.41, 5.74) is 0.910. The maximum absolute atomic E-state index is 13.3. The minimum absolute atomic E-state index is 0.124. The lowest BCUT2D eigenvalue weighted by atomic mass is 10.1. The van der Waals surface area contributed by atoms with Gasteiger partial charge in [-0.05, 0) is 41.8 Å². The zero-order chi connectivity index (χ0) is 17.9. The minimum atomic E-state index is -4.43. The quantitative estimate of drug-likeness (QED) is 0.424. The van der Waals surface area contributed by atoms with Crippen molar-refractivity contribution in [3.63, 3.8) is 0 Å². The van der Waals surface area contributed by atoms with E-state index < -0.39 is 11.7 Å². The van der Waals surface area contributed by atoms with Crippen LogP contribution in [0.15, 0.2) is 41.3 Å². The lowest BCUT2D eigenvalue weighted by molar-refractivity contribution is -0.138. The Balaban J connectivity index is 2.38. The Labute approximate surface area is 148 Å². The molecule has 2 aromatic rings. The molecule has 0 radical (unpaired) electrons. The number of rotatable bonds is 5. The van der Waals surface area contributed by atoms with Crippen molar-refractivity contribution in [1.29, 1.82) is 0 Å². The molecule has 0 saturated carbocycles. The van der Waals surface area contributed by atoms with Gasteiger partial charge in [-0.3, -0.25) is 0 Å². The summed E-state index contributed by atoms with van der Waals surface area (Å²) in [6.07, 6.45) is -3.60. The van der Waals surface area contributed by atoms with Crippen molar-refractivity contribution >= 4 is 29.1 Å². The van der Waals surface area contributed by atoms with E-state index in [9.17, 15) is 13.2 Å². The van der Waals surface area contributed by atoms with E-state index in [0.717, 1.165) is 22.9 Å². The Kier molecular flexibility index (Phi) is 6.06. The third-order valence-corrected chi connectivity index (χ3v) is 5.14. The Morgan fingerprint density at radius 3 is 2.50 bits per heavy atom. The number of hydrogen-bond donors (Lipinski definition) is 1. The molecular formula is C17H18ClF3N2S. The summed E-state index contributed by atoms with van der Waals surface area (Å²) in [7, 11) is 1.52. The topological polar surface area (TPSA) is 29.3 Å². The highest BCUT2D eigenvalue weighted by atomic mass is 35.5. The molecule has 130 valence electrons. The summed E-state index contributed by atoms with van der Waals surface area (Å²) in [5.74, 6) is 5.83. The van der Waals surface area contributed by atoms with Crippen molar-refractivity contribution in [3.8, 4) is 0 Å². The van der Waals surface area contributed by atoms with Crippen LogP contribution >= 0.6 is 23.4 Å². The van der Waals surface area contributed by atoms with E-state index in [0.29, 0.717) is 10.7 Å². The van der Waals surface area contributed by atoms with Crippen molar-refractivity contribution in [2.45, 2.75) is 30.2 Å².